The molecule has 26 heavy (non-hydrogen) atoms. The SMILES string of the molecule is COc1ccccc1CNC(=O)[C@H]1CC(=O)N(CCc2ccccc2)C1. The van der Waals surface area contributed by atoms with Crippen LogP contribution in [0.5, 0.6) is 5.75 Å². The minimum Gasteiger partial charge on any atom is -0.496 e. The average molecular weight is 352 g/mol. The quantitative estimate of drug-likeness (QED) is 0.832. The van der Waals surface area contributed by atoms with Crippen molar-refractivity contribution in [2.75, 3.05) is 20.2 Å². The van der Waals surface area contributed by atoms with E-state index in [-0.39, 0.29) is 24.2 Å². The first-order valence-electron chi connectivity index (χ1n) is 8.88. The van der Waals surface area contributed by atoms with Gasteiger partial charge in [-0.05, 0) is 18.1 Å². The molecule has 0 radical (unpaired) electrons. The van der Waals surface area contributed by atoms with Gasteiger partial charge in [-0.3, -0.25) is 9.59 Å². The van der Waals surface area contributed by atoms with E-state index in [4.69, 9.17) is 4.74 Å². The van der Waals surface area contributed by atoms with Crippen molar-refractivity contribution >= 4 is 11.8 Å². The summed E-state index contributed by atoms with van der Waals surface area (Å²) < 4.78 is 5.30. The number of hydrogen-bond acceptors (Lipinski definition) is 3. The normalized spacial score (nSPS) is 16.6. The summed E-state index contributed by atoms with van der Waals surface area (Å²) in [6.45, 7) is 1.54. The lowest BCUT2D eigenvalue weighted by atomic mass is 10.1. The predicted octanol–water partition coefficient (Wildman–Crippen LogP) is 2.40. The minimum atomic E-state index is -0.284. The Balaban J connectivity index is 1.50. The lowest BCUT2D eigenvalue weighted by Gasteiger charge is -2.17. The Morgan fingerprint density at radius 3 is 2.65 bits per heavy atom. The molecule has 1 fully saturated rings. The topological polar surface area (TPSA) is 58.6 Å². The van der Waals surface area contributed by atoms with E-state index in [0.717, 1.165) is 17.7 Å². The first-order chi connectivity index (χ1) is 12.7. The zero-order valence-corrected chi connectivity index (χ0v) is 15.0. The highest BCUT2D eigenvalue weighted by Gasteiger charge is 2.33. The molecule has 1 heterocycles. The molecular formula is C21H24N2O3. The number of nitrogens with one attached hydrogen (secondary N) is 1. The third-order valence-corrected chi connectivity index (χ3v) is 4.74. The molecular weight excluding hydrogens is 328 g/mol. The Hall–Kier alpha value is -2.82. The van der Waals surface area contributed by atoms with Gasteiger partial charge >= 0.3 is 0 Å². The van der Waals surface area contributed by atoms with Gasteiger partial charge in [-0.2, -0.15) is 0 Å². The summed E-state index contributed by atoms with van der Waals surface area (Å²) in [5, 5.41) is 2.93. The van der Waals surface area contributed by atoms with Crippen molar-refractivity contribution < 1.29 is 14.3 Å². The molecule has 0 unspecified atom stereocenters. The second-order valence-electron chi connectivity index (χ2n) is 6.51. The average Bonchev–Trinajstić information content (AvgIpc) is 3.06. The maximum Gasteiger partial charge on any atom is 0.225 e. The van der Waals surface area contributed by atoms with Crippen LogP contribution in [-0.4, -0.2) is 36.9 Å². The summed E-state index contributed by atoms with van der Waals surface area (Å²) in [5.41, 5.74) is 2.12. The molecule has 1 saturated heterocycles. The fourth-order valence-corrected chi connectivity index (χ4v) is 3.25. The van der Waals surface area contributed by atoms with Gasteiger partial charge in [0.1, 0.15) is 5.75 Å². The zero-order chi connectivity index (χ0) is 18.4. The fourth-order valence-electron chi connectivity index (χ4n) is 3.25. The number of methoxy groups -OCH3 is 1. The van der Waals surface area contributed by atoms with Crippen LogP contribution in [0, 0.1) is 5.92 Å². The van der Waals surface area contributed by atoms with Crippen LogP contribution >= 0.6 is 0 Å². The molecule has 0 spiro atoms. The molecule has 1 atom stereocenters. The van der Waals surface area contributed by atoms with Gasteiger partial charge in [0.25, 0.3) is 0 Å². The van der Waals surface area contributed by atoms with Crippen LogP contribution < -0.4 is 10.1 Å². The molecule has 2 amide bonds. The van der Waals surface area contributed by atoms with E-state index >= 15 is 0 Å². The third kappa shape index (κ3) is 4.42. The molecule has 2 aromatic rings. The van der Waals surface area contributed by atoms with E-state index in [9.17, 15) is 9.59 Å². The molecule has 5 heteroatoms. The highest BCUT2D eigenvalue weighted by molar-refractivity contribution is 5.89. The number of rotatable bonds is 7. The summed E-state index contributed by atoms with van der Waals surface area (Å²) in [4.78, 5) is 26.5. The monoisotopic (exact) mass is 352 g/mol. The molecule has 1 aliphatic rings. The predicted molar refractivity (Wildman–Crippen MR) is 99.7 cm³/mol. The van der Waals surface area contributed by atoms with E-state index in [1.807, 2.05) is 42.5 Å². The van der Waals surface area contributed by atoms with Crippen LogP contribution in [0.4, 0.5) is 0 Å². The smallest absolute Gasteiger partial charge is 0.225 e. The standard InChI is InChI=1S/C21H24N2O3/c1-26-19-10-6-5-9-17(19)14-22-21(25)18-13-20(24)23(15-18)12-11-16-7-3-2-4-8-16/h2-10,18H,11-15H2,1H3,(H,22,25)/t18-/m0/s1. The maximum absolute atomic E-state index is 12.5. The molecule has 2 aromatic carbocycles. The van der Waals surface area contributed by atoms with E-state index < -0.39 is 0 Å². The molecule has 1 N–H and O–H groups in total. The molecule has 1 aliphatic heterocycles. The van der Waals surface area contributed by atoms with E-state index in [1.54, 1.807) is 12.0 Å². The van der Waals surface area contributed by atoms with Crippen LogP contribution in [0.1, 0.15) is 17.5 Å². The van der Waals surface area contributed by atoms with Gasteiger partial charge in [0.05, 0.1) is 13.0 Å². The van der Waals surface area contributed by atoms with E-state index in [2.05, 4.69) is 17.4 Å². The molecule has 0 aliphatic carbocycles. The second kappa shape index (κ2) is 8.52. The number of benzene rings is 2. The van der Waals surface area contributed by atoms with Crippen LogP contribution in [0.3, 0.4) is 0 Å². The zero-order valence-electron chi connectivity index (χ0n) is 15.0. The van der Waals surface area contributed by atoms with Crippen LogP contribution in [0.2, 0.25) is 0 Å². The fraction of sp³-hybridized carbons (Fsp3) is 0.333. The van der Waals surface area contributed by atoms with Crippen molar-refractivity contribution in [1.82, 2.24) is 10.2 Å². The summed E-state index contributed by atoms with van der Waals surface area (Å²) in [6.07, 6.45) is 1.09. The number of likely N-dealkylation sites (tertiary alicyclic amines) is 1. The van der Waals surface area contributed by atoms with Crippen molar-refractivity contribution in [2.24, 2.45) is 5.92 Å². The Kier molecular flexibility index (Phi) is 5.89. The summed E-state index contributed by atoms with van der Waals surface area (Å²) in [6, 6.07) is 17.7. The van der Waals surface area contributed by atoms with Crippen LogP contribution in [-0.2, 0) is 22.6 Å². The number of carbonyl (C=O) groups is 2. The Morgan fingerprint density at radius 2 is 1.88 bits per heavy atom. The molecule has 0 aromatic heterocycles. The lowest BCUT2D eigenvalue weighted by Crippen LogP contribution is -2.33. The molecule has 0 saturated carbocycles. The molecule has 0 bridgehead atoms. The highest BCUT2D eigenvalue weighted by Crippen LogP contribution is 2.20. The Morgan fingerprint density at radius 1 is 1.15 bits per heavy atom. The van der Waals surface area contributed by atoms with E-state index in [0.29, 0.717) is 19.6 Å². The number of hydrogen-bond donors (Lipinski definition) is 1. The van der Waals surface area contributed by atoms with Crippen molar-refractivity contribution in [3.63, 3.8) is 0 Å². The van der Waals surface area contributed by atoms with Crippen LogP contribution in [0.25, 0.3) is 0 Å². The van der Waals surface area contributed by atoms with Crippen molar-refractivity contribution in [1.29, 1.82) is 0 Å². The van der Waals surface area contributed by atoms with E-state index in [1.165, 1.54) is 5.56 Å². The third-order valence-electron chi connectivity index (χ3n) is 4.74. The number of carbonyl (C=O) groups excluding carboxylic acids is 2. The van der Waals surface area contributed by atoms with Gasteiger partial charge in [-0.15, -0.1) is 0 Å². The number of amides is 2. The van der Waals surface area contributed by atoms with Gasteiger partial charge in [-0.25, -0.2) is 0 Å². The Labute approximate surface area is 154 Å². The van der Waals surface area contributed by atoms with Crippen molar-refractivity contribution in [3.05, 3.63) is 65.7 Å². The van der Waals surface area contributed by atoms with Crippen molar-refractivity contribution in [3.8, 4) is 5.75 Å². The number of para-hydroxylation sites is 1. The molecule has 3 rings (SSSR count). The van der Waals surface area contributed by atoms with Gasteiger partial charge < -0.3 is 15.0 Å². The van der Waals surface area contributed by atoms with Gasteiger partial charge in [0.15, 0.2) is 0 Å². The Bertz CT molecular complexity index is 761. The summed E-state index contributed by atoms with van der Waals surface area (Å²) >= 11 is 0. The summed E-state index contributed by atoms with van der Waals surface area (Å²) in [7, 11) is 1.61. The van der Waals surface area contributed by atoms with Crippen LogP contribution in [0.15, 0.2) is 54.6 Å². The first kappa shape index (κ1) is 18.0. The first-order valence-corrected chi connectivity index (χ1v) is 8.88. The minimum absolute atomic E-state index is 0.0540. The summed E-state index contributed by atoms with van der Waals surface area (Å²) in [5.74, 6) is 0.442. The lowest BCUT2D eigenvalue weighted by molar-refractivity contribution is -0.129. The molecule has 136 valence electrons. The maximum atomic E-state index is 12.5. The number of ether oxygens (including phenoxy) is 1. The second-order valence-corrected chi connectivity index (χ2v) is 6.51. The van der Waals surface area contributed by atoms with Gasteiger partial charge in [0, 0.05) is 31.6 Å². The molecule has 5 nitrogen and oxygen atoms in total. The number of nitrogens with zero attached hydrogens (tertiary/aromatic N) is 1. The highest BCUT2D eigenvalue weighted by atomic mass is 16.5. The van der Waals surface area contributed by atoms with Gasteiger partial charge in [-0.1, -0.05) is 48.5 Å². The largest absolute Gasteiger partial charge is 0.496 e. The van der Waals surface area contributed by atoms with Crippen molar-refractivity contribution in [2.45, 2.75) is 19.4 Å². The van der Waals surface area contributed by atoms with Gasteiger partial charge in [0.2, 0.25) is 11.8 Å².